The Labute approximate surface area is 158 Å². The topological polar surface area (TPSA) is 66.1 Å². The highest BCUT2D eigenvalue weighted by Crippen LogP contribution is 2.14. The van der Waals surface area contributed by atoms with Crippen molar-refractivity contribution in [3.8, 4) is 0 Å². The number of amides is 1. The van der Waals surface area contributed by atoms with Gasteiger partial charge < -0.3 is 25.0 Å². The summed E-state index contributed by atoms with van der Waals surface area (Å²) in [4.78, 5) is 16.8. The van der Waals surface area contributed by atoms with Gasteiger partial charge in [0.2, 0.25) is 5.91 Å². The Morgan fingerprint density at radius 1 is 1.35 bits per heavy atom. The van der Waals surface area contributed by atoms with Crippen molar-refractivity contribution in [2.75, 3.05) is 66.1 Å². The van der Waals surface area contributed by atoms with E-state index >= 15 is 0 Å². The molecule has 0 bridgehead atoms. The lowest BCUT2D eigenvalue weighted by Gasteiger charge is -2.39. The predicted molar refractivity (Wildman–Crippen MR) is 103 cm³/mol. The molecule has 7 heteroatoms. The Morgan fingerprint density at radius 2 is 2.08 bits per heavy atom. The maximum absolute atomic E-state index is 12.4. The summed E-state index contributed by atoms with van der Waals surface area (Å²) < 4.78 is 11.4. The van der Waals surface area contributed by atoms with Crippen LogP contribution >= 0.6 is 0 Å². The second-order valence-corrected chi connectivity index (χ2v) is 8.03. The molecule has 2 rings (SSSR count). The zero-order valence-corrected chi connectivity index (χ0v) is 17.1. The van der Waals surface area contributed by atoms with Gasteiger partial charge in [-0.2, -0.15) is 0 Å². The fraction of sp³-hybridized carbons (Fsp3) is 0.947. The first kappa shape index (κ1) is 21.6. The Kier molecular flexibility index (Phi) is 8.76. The first-order valence-electron chi connectivity index (χ1n) is 10.1. The molecule has 26 heavy (non-hydrogen) atoms. The third-order valence-corrected chi connectivity index (χ3v) is 5.42. The minimum absolute atomic E-state index is 0.102. The molecule has 0 aromatic heterocycles. The summed E-state index contributed by atoms with van der Waals surface area (Å²) in [6.45, 7) is 13.1. The molecule has 0 saturated carbocycles. The summed E-state index contributed by atoms with van der Waals surface area (Å²) in [6, 6.07) is 0.780. The molecule has 0 radical (unpaired) electrons. The van der Waals surface area contributed by atoms with E-state index in [1.54, 1.807) is 0 Å². The summed E-state index contributed by atoms with van der Waals surface area (Å²) >= 11 is 0. The maximum Gasteiger partial charge on any atom is 0.248 e. The summed E-state index contributed by atoms with van der Waals surface area (Å²) in [5, 5.41) is 6.65. The highest BCUT2D eigenvalue weighted by atomic mass is 16.5. The zero-order valence-electron chi connectivity index (χ0n) is 17.1. The number of nitrogens with one attached hydrogen (secondary N) is 2. The molecule has 1 amide bonds. The van der Waals surface area contributed by atoms with Gasteiger partial charge in [0, 0.05) is 38.8 Å². The molecule has 2 atom stereocenters. The highest BCUT2D eigenvalue weighted by molar-refractivity contribution is 5.77. The van der Waals surface area contributed by atoms with Crippen molar-refractivity contribution >= 4 is 5.91 Å². The standard InChI is InChI=1S/C19H38N4O3/c1-5-17(6-7-20-4)22-8-10-23(11-9-22)18(24)14-25-12-16-13-26-19(2,3)15-21-16/h16-17,20-21H,5-15H2,1-4H3/t16-,17?/m1/s1. The summed E-state index contributed by atoms with van der Waals surface area (Å²) in [5.41, 5.74) is -0.116. The quantitative estimate of drug-likeness (QED) is 0.609. The van der Waals surface area contributed by atoms with Crippen LogP contribution in [0.25, 0.3) is 0 Å². The summed E-state index contributed by atoms with van der Waals surface area (Å²) in [7, 11) is 2.00. The van der Waals surface area contributed by atoms with E-state index in [4.69, 9.17) is 9.47 Å². The van der Waals surface area contributed by atoms with E-state index in [-0.39, 0.29) is 24.2 Å². The highest BCUT2D eigenvalue weighted by Gasteiger charge is 2.28. The van der Waals surface area contributed by atoms with Crippen LogP contribution in [0.15, 0.2) is 0 Å². The van der Waals surface area contributed by atoms with Crippen LogP contribution in [-0.2, 0) is 14.3 Å². The van der Waals surface area contributed by atoms with Crippen LogP contribution in [0.1, 0.15) is 33.6 Å². The third-order valence-electron chi connectivity index (χ3n) is 5.42. The molecule has 2 aliphatic heterocycles. The number of nitrogens with zero attached hydrogens (tertiary/aromatic N) is 2. The Balaban J connectivity index is 1.62. The summed E-state index contributed by atoms with van der Waals surface area (Å²) in [6.07, 6.45) is 2.32. The molecule has 7 nitrogen and oxygen atoms in total. The van der Waals surface area contributed by atoms with Crippen LogP contribution in [0, 0.1) is 0 Å². The largest absolute Gasteiger partial charge is 0.373 e. The third kappa shape index (κ3) is 6.78. The Morgan fingerprint density at radius 3 is 2.65 bits per heavy atom. The van der Waals surface area contributed by atoms with Crippen molar-refractivity contribution in [2.45, 2.75) is 51.3 Å². The molecule has 2 fully saturated rings. The van der Waals surface area contributed by atoms with Crippen LogP contribution in [-0.4, -0.2) is 99.5 Å². The molecule has 0 spiro atoms. The van der Waals surface area contributed by atoms with Gasteiger partial charge >= 0.3 is 0 Å². The van der Waals surface area contributed by atoms with E-state index in [0.29, 0.717) is 19.3 Å². The molecule has 152 valence electrons. The zero-order chi connectivity index (χ0) is 19.0. The van der Waals surface area contributed by atoms with Gasteiger partial charge in [0.15, 0.2) is 0 Å². The second kappa shape index (κ2) is 10.6. The van der Waals surface area contributed by atoms with Gasteiger partial charge in [-0.1, -0.05) is 6.92 Å². The second-order valence-electron chi connectivity index (χ2n) is 8.03. The van der Waals surface area contributed by atoms with Crippen LogP contribution < -0.4 is 10.6 Å². The number of carbonyl (C=O) groups excluding carboxylic acids is 1. The van der Waals surface area contributed by atoms with Gasteiger partial charge in [-0.25, -0.2) is 0 Å². The molecular formula is C19H38N4O3. The van der Waals surface area contributed by atoms with Gasteiger partial charge in [-0.3, -0.25) is 9.69 Å². The van der Waals surface area contributed by atoms with E-state index in [1.807, 2.05) is 11.9 Å². The van der Waals surface area contributed by atoms with E-state index in [9.17, 15) is 4.79 Å². The van der Waals surface area contributed by atoms with Crippen LogP contribution in [0.3, 0.4) is 0 Å². The monoisotopic (exact) mass is 370 g/mol. The van der Waals surface area contributed by atoms with Crippen molar-refractivity contribution in [3.05, 3.63) is 0 Å². The smallest absolute Gasteiger partial charge is 0.248 e. The SMILES string of the molecule is CCC(CCNC)N1CCN(C(=O)COC[C@@H]2COC(C)(C)CN2)CC1. The number of hydrogen-bond acceptors (Lipinski definition) is 6. The van der Waals surface area contributed by atoms with Gasteiger partial charge in [-0.05, 0) is 40.3 Å². The number of carbonyl (C=O) groups is 1. The minimum Gasteiger partial charge on any atom is -0.373 e. The van der Waals surface area contributed by atoms with Gasteiger partial charge in [0.1, 0.15) is 6.61 Å². The molecule has 2 saturated heterocycles. The van der Waals surface area contributed by atoms with E-state index in [2.05, 4.69) is 36.3 Å². The Bertz CT molecular complexity index is 415. The normalized spacial score (nSPS) is 25.2. The van der Waals surface area contributed by atoms with E-state index < -0.39 is 0 Å². The van der Waals surface area contributed by atoms with Crippen molar-refractivity contribution in [3.63, 3.8) is 0 Å². The lowest BCUT2D eigenvalue weighted by molar-refractivity contribution is -0.139. The molecule has 2 aliphatic rings. The van der Waals surface area contributed by atoms with Gasteiger partial charge in [-0.15, -0.1) is 0 Å². The van der Waals surface area contributed by atoms with Gasteiger partial charge in [0.05, 0.1) is 24.9 Å². The number of piperazine rings is 1. The minimum atomic E-state index is -0.116. The molecule has 2 N–H and O–H groups in total. The number of ether oxygens (including phenoxy) is 2. The van der Waals surface area contributed by atoms with Crippen molar-refractivity contribution in [1.29, 1.82) is 0 Å². The first-order chi connectivity index (χ1) is 12.4. The van der Waals surface area contributed by atoms with Crippen LogP contribution in [0.5, 0.6) is 0 Å². The van der Waals surface area contributed by atoms with Crippen molar-refractivity contribution < 1.29 is 14.3 Å². The van der Waals surface area contributed by atoms with Crippen LogP contribution in [0.4, 0.5) is 0 Å². The van der Waals surface area contributed by atoms with Gasteiger partial charge in [0.25, 0.3) is 0 Å². The number of hydrogen-bond donors (Lipinski definition) is 2. The van der Waals surface area contributed by atoms with Crippen molar-refractivity contribution in [2.24, 2.45) is 0 Å². The first-order valence-corrected chi connectivity index (χ1v) is 10.1. The Hall–Kier alpha value is -0.730. The molecule has 0 aromatic rings. The van der Waals surface area contributed by atoms with E-state index in [1.165, 1.54) is 0 Å². The average molecular weight is 371 g/mol. The molecule has 1 unspecified atom stereocenters. The summed E-state index contributed by atoms with van der Waals surface area (Å²) in [5.74, 6) is 0.102. The van der Waals surface area contributed by atoms with Crippen LogP contribution in [0.2, 0.25) is 0 Å². The lowest BCUT2D eigenvalue weighted by atomic mass is 10.1. The maximum atomic E-state index is 12.4. The van der Waals surface area contributed by atoms with E-state index in [0.717, 1.165) is 52.1 Å². The molecule has 2 heterocycles. The molecule has 0 aromatic carbocycles. The number of rotatable bonds is 9. The predicted octanol–water partition coefficient (Wildman–Crippen LogP) is 0.302. The number of morpholine rings is 1. The lowest BCUT2D eigenvalue weighted by Crippen LogP contribution is -2.54. The molecule has 0 aliphatic carbocycles. The fourth-order valence-corrected chi connectivity index (χ4v) is 3.61. The molecular weight excluding hydrogens is 332 g/mol. The fourth-order valence-electron chi connectivity index (χ4n) is 3.61. The van der Waals surface area contributed by atoms with Crippen molar-refractivity contribution in [1.82, 2.24) is 20.4 Å². The average Bonchev–Trinajstić information content (AvgIpc) is 2.64.